The van der Waals surface area contributed by atoms with Gasteiger partial charge >= 0.3 is 0 Å². The number of benzene rings is 1. The van der Waals surface area contributed by atoms with Crippen LogP contribution in [0.25, 0.3) is 0 Å². The Hall–Kier alpha value is -1.92. The maximum absolute atomic E-state index is 11.4. The minimum atomic E-state index is -5.01. The van der Waals surface area contributed by atoms with Crippen LogP contribution in [0.2, 0.25) is 0 Å². The van der Waals surface area contributed by atoms with Crippen molar-refractivity contribution < 1.29 is 25.9 Å². The minimum absolute atomic E-state index is 0.0406. The van der Waals surface area contributed by atoms with Gasteiger partial charge in [-0.1, -0.05) is 18.2 Å². The molecule has 0 unspecified atom stereocenters. The van der Waals surface area contributed by atoms with Crippen molar-refractivity contribution in [3.8, 4) is 0 Å². The van der Waals surface area contributed by atoms with E-state index >= 15 is 0 Å². The molecule has 1 aliphatic carbocycles. The fourth-order valence-electron chi connectivity index (χ4n) is 1.88. The maximum Gasteiger partial charge on any atom is 0.289 e. The first-order valence-corrected chi connectivity index (χ1v) is 9.08. The molecule has 2 atom stereocenters. The van der Waals surface area contributed by atoms with E-state index in [4.69, 9.17) is 10.3 Å². The largest absolute Gasteiger partial charge is 0.306 e. The molecule has 0 saturated carbocycles. The highest BCUT2D eigenvalue weighted by atomic mass is 32.2. The molecule has 2 rings (SSSR count). The lowest BCUT2D eigenvalue weighted by Crippen LogP contribution is -2.58. The summed E-state index contributed by atoms with van der Waals surface area (Å²) in [5, 5.41) is 5.46. The molecule has 11 heteroatoms. The number of nitrogens with two attached hydrogens (primary N) is 1. The highest BCUT2D eigenvalue weighted by molar-refractivity contribution is 7.91. The molecule has 0 fully saturated rings. The summed E-state index contributed by atoms with van der Waals surface area (Å²) < 4.78 is 64.0. The Morgan fingerprint density at radius 2 is 1.65 bits per heavy atom. The summed E-state index contributed by atoms with van der Waals surface area (Å²) in [4.78, 5) is -2.72. The van der Waals surface area contributed by atoms with Gasteiger partial charge in [0.15, 0.2) is 4.87 Å². The first-order valence-electron chi connectivity index (χ1n) is 6.14. The van der Waals surface area contributed by atoms with Gasteiger partial charge < -0.3 is 5.73 Å². The van der Waals surface area contributed by atoms with Crippen LogP contribution in [-0.2, 0) is 20.2 Å². The number of allylic oxidation sites excluding steroid dienone is 1. The van der Waals surface area contributed by atoms with Crippen LogP contribution in [-0.4, -0.2) is 36.1 Å². The molecule has 0 spiro atoms. The molecule has 0 saturated heterocycles. The zero-order valence-electron chi connectivity index (χ0n) is 11.5. The smallest absolute Gasteiger partial charge is 0.289 e. The number of nitrogens with zero attached hydrogens (tertiary/aromatic N) is 2. The molecule has 1 aliphatic rings. The third-order valence-electron chi connectivity index (χ3n) is 3.09. The predicted molar refractivity (Wildman–Crippen MR) is 82.0 cm³/mol. The minimum Gasteiger partial charge on any atom is -0.306 e. The maximum atomic E-state index is 11.4. The predicted octanol–water partition coefficient (Wildman–Crippen LogP) is 1.02. The quantitative estimate of drug-likeness (QED) is 0.534. The standard InChI is InChI=1S/C12H13N3O6S2/c13-12(23(19,20)21)7-6-10(8-11(12)22(16,17)18)15-14-9-4-2-1-3-5-9/h1-8,11H,13H2,(H,16,17,18)(H,19,20,21)/t11-,12-/m0/s1. The third kappa shape index (κ3) is 3.71. The summed E-state index contributed by atoms with van der Waals surface area (Å²) in [5.74, 6) is 0. The second kappa shape index (κ2) is 5.94. The van der Waals surface area contributed by atoms with Gasteiger partial charge in [0, 0.05) is 0 Å². The molecule has 0 aliphatic heterocycles. The van der Waals surface area contributed by atoms with Gasteiger partial charge in [-0.05, 0) is 30.4 Å². The van der Waals surface area contributed by atoms with E-state index < -0.39 is 30.4 Å². The van der Waals surface area contributed by atoms with Crippen molar-refractivity contribution in [3.05, 3.63) is 54.3 Å². The van der Waals surface area contributed by atoms with Gasteiger partial charge in [-0.3, -0.25) is 9.11 Å². The average Bonchev–Trinajstić information content (AvgIpc) is 2.45. The molecular weight excluding hydrogens is 346 g/mol. The molecule has 1 aromatic rings. The fraction of sp³-hybridized carbons (Fsp3) is 0.167. The van der Waals surface area contributed by atoms with Crippen molar-refractivity contribution in [1.29, 1.82) is 0 Å². The Kier molecular flexibility index (Phi) is 4.50. The van der Waals surface area contributed by atoms with Crippen LogP contribution in [0.3, 0.4) is 0 Å². The number of rotatable bonds is 4. The Bertz CT molecular complexity index is 890. The molecule has 1 aromatic carbocycles. The van der Waals surface area contributed by atoms with E-state index in [0.29, 0.717) is 5.69 Å². The lowest BCUT2D eigenvalue weighted by Gasteiger charge is -2.29. The van der Waals surface area contributed by atoms with E-state index in [1.54, 1.807) is 30.3 Å². The zero-order chi connectivity index (χ0) is 17.3. The number of hydrogen-bond acceptors (Lipinski definition) is 7. The number of azo groups is 1. The van der Waals surface area contributed by atoms with Crippen LogP contribution < -0.4 is 5.73 Å². The van der Waals surface area contributed by atoms with Crippen LogP contribution in [0, 0.1) is 0 Å². The van der Waals surface area contributed by atoms with E-state index in [1.807, 2.05) is 0 Å². The van der Waals surface area contributed by atoms with Crippen molar-refractivity contribution in [2.75, 3.05) is 0 Å². The molecule has 0 amide bonds. The highest BCUT2D eigenvalue weighted by Crippen LogP contribution is 2.29. The van der Waals surface area contributed by atoms with Crippen LogP contribution in [0.1, 0.15) is 0 Å². The highest BCUT2D eigenvalue weighted by Gasteiger charge is 2.51. The second-order valence-corrected chi connectivity index (χ2v) is 7.92. The van der Waals surface area contributed by atoms with Gasteiger partial charge in [-0.25, -0.2) is 0 Å². The molecule has 0 aromatic heterocycles. The lowest BCUT2D eigenvalue weighted by molar-refractivity contribution is 0.427. The van der Waals surface area contributed by atoms with E-state index in [0.717, 1.165) is 18.2 Å². The van der Waals surface area contributed by atoms with Crippen molar-refractivity contribution >= 4 is 25.9 Å². The third-order valence-corrected chi connectivity index (χ3v) is 5.69. The first-order chi connectivity index (χ1) is 10.5. The molecule has 0 heterocycles. The number of hydrogen-bond donors (Lipinski definition) is 3. The van der Waals surface area contributed by atoms with Crippen molar-refractivity contribution in [2.45, 2.75) is 10.1 Å². The van der Waals surface area contributed by atoms with E-state index in [2.05, 4.69) is 10.2 Å². The van der Waals surface area contributed by atoms with E-state index in [-0.39, 0.29) is 5.70 Å². The Balaban J connectivity index is 2.43. The lowest BCUT2D eigenvalue weighted by atomic mass is 10.1. The van der Waals surface area contributed by atoms with Crippen LogP contribution in [0.4, 0.5) is 5.69 Å². The summed E-state index contributed by atoms with van der Waals surface area (Å²) in [6.07, 6.45) is 2.62. The van der Waals surface area contributed by atoms with Gasteiger partial charge in [-0.2, -0.15) is 27.1 Å². The molecule has 0 radical (unpaired) electrons. The Morgan fingerprint density at radius 3 is 2.17 bits per heavy atom. The van der Waals surface area contributed by atoms with Crippen LogP contribution in [0.5, 0.6) is 0 Å². The molecule has 23 heavy (non-hydrogen) atoms. The Morgan fingerprint density at radius 1 is 1.04 bits per heavy atom. The van der Waals surface area contributed by atoms with Gasteiger partial charge in [0.2, 0.25) is 0 Å². The molecule has 124 valence electrons. The normalized spacial score (nSPS) is 25.5. The Labute approximate surface area is 132 Å². The average molecular weight is 359 g/mol. The van der Waals surface area contributed by atoms with Gasteiger partial charge in [0.1, 0.15) is 5.25 Å². The first kappa shape index (κ1) is 17.4. The van der Waals surface area contributed by atoms with Crippen LogP contribution in [0.15, 0.2) is 64.5 Å². The zero-order valence-corrected chi connectivity index (χ0v) is 13.1. The fourth-order valence-corrected chi connectivity index (χ4v) is 4.07. The van der Waals surface area contributed by atoms with Crippen molar-refractivity contribution in [1.82, 2.24) is 0 Å². The van der Waals surface area contributed by atoms with Gasteiger partial charge in [-0.15, -0.1) is 0 Å². The van der Waals surface area contributed by atoms with Gasteiger partial charge in [0.25, 0.3) is 20.2 Å². The summed E-state index contributed by atoms with van der Waals surface area (Å²) in [5.41, 5.74) is 5.89. The molecule has 9 nitrogen and oxygen atoms in total. The summed E-state index contributed by atoms with van der Waals surface area (Å²) >= 11 is 0. The SMILES string of the molecule is N[C@]1(S(=O)(=O)O)C=CC(N=Nc2ccccc2)=C[C@@H]1S(=O)(=O)O. The van der Waals surface area contributed by atoms with Gasteiger partial charge in [0.05, 0.1) is 11.4 Å². The van der Waals surface area contributed by atoms with E-state index in [9.17, 15) is 21.4 Å². The summed E-state index contributed by atoms with van der Waals surface area (Å²) in [7, 11) is -9.94. The van der Waals surface area contributed by atoms with Crippen LogP contribution >= 0.6 is 0 Å². The molecule has 0 bridgehead atoms. The molecular formula is C12H13N3O6S2. The van der Waals surface area contributed by atoms with E-state index in [1.165, 1.54) is 0 Å². The van der Waals surface area contributed by atoms with Crippen molar-refractivity contribution in [3.63, 3.8) is 0 Å². The summed E-state index contributed by atoms with van der Waals surface area (Å²) in [6.45, 7) is 0. The topological polar surface area (TPSA) is 159 Å². The van der Waals surface area contributed by atoms with Crippen molar-refractivity contribution in [2.24, 2.45) is 16.0 Å². The second-order valence-electron chi connectivity index (χ2n) is 4.72. The molecule has 4 N–H and O–H groups in total. The summed E-state index contributed by atoms with van der Waals surface area (Å²) in [6, 6.07) is 8.47. The monoisotopic (exact) mass is 359 g/mol.